The average molecular weight is 272 g/mol. The van der Waals surface area contributed by atoms with E-state index < -0.39 is 5.82 Å². The van der Waals surface area contributed by atoms with Gasteiger partial charge in [0.1, 0.15) is 23.1 Å². The van der Waals surface area contributed by atoms with E-state index in [1.54, 1.807) is 13.0 Å². The molecule has 3 nitrogen and oxygen atoms in total. The molecule has 0 saturated heterocycles. The number of rotatable bonds is 2. The highest BCUT2D eigenvalue weighted by molar-refractivity contribution is 6.31. The van der Waals surface area contributed by atoms with E-state index in [2.05, 4.69) is 15.3 Å². The molecule has 0 amide bonds. The largest absolute Gasteiger partial charge is 0.340 e. The lowest BCUT2D eigenvalue weighted by Gasteiger charge is -2.09. The minimum atomic E-state index is -0.491. The minimum Gasteiger partial charge on any atom is -0.340 e. The molecule has 2 aromatic rings. The molecule has 1 heterocycles. The van der Waals surface area contributed by atoms with Crippen LogP contribution >= 0.6 is 23.2 Å². The van der Waals surface area contributed by atoms with Gasteiger partial charge in [-0.25, -0.2) is 14.4 Å². The van der Waals surface area contributed by atoms with Gasteiger partial charge in [-0.2, -0.15) is 0 Å². The van der Waals surface area contributed by atoms with Crippen LogP contribution in [-0.4, -0.2) is 9.97 Å². The number of anilines is 2. The lowest BCUT2D eigenvalue weighted by Crippen LogP contribution is -1.98. The zero-order chi connectivity index (χ0) is 12.4. The fourth-order valence-corrected chi connectivity index (χ4v) is 1.52. The number of nitrogens with one attached hydrogen (secondary N) is 1. The highest BCUT2D eigenvalue weighted by Gasteiger charge is 2.06. The van der Waals surface area contributed by atoms with Gasteiger partial charge in [0, 0.05) is 11.3 Å². The van der Waals surface area contributed by atoms with Crippen LogP contribution in [0.3, 0.4) is 0 Å². The van der Waals surface area contributed by atoms with Crippen molar-refractivity contribution in [3.8, 4) is 0 Å². The Hall–Kier alpha value is -1.39. The number of hydrogen-bond donors (Lipinski definition) is 1. The van der Waals surface area contributed by atoms with Gasteiger partial charge in [-0.15, -0.1) is 0 Å². The van der Waals surface area contributed by atoms with Crippen LogP contribution in [0.4, 0.5) is 15.9 Å². The summed E-state index contributed by atoms with van der Waals surface area (Å²) in [5.74, 6) is 0.0428. The van der Waals surface area contributed by atoms with Crippen LogP contribution in [0.15, 0.2) is 24.5 Å². The van der Waals surface area contributed by atoms with Crippen molar-refractivity contribution in [2.75, 3.05) is 5.32 Å². The van der Waals surface area contributed by atoms with Crippen molar-refractivity contribution in [3.63, 3.8) is 0 Å². The molecule has 2 rings (SSSR count). The molecule has 88 valence electrons. The second-order valence-corrected chi connectivity index (χ2v) is 4.16. The number of aromatic nitrogens is 2. The Morgan fingerprint density at radius 1 is 1.24 bits per heavy atom. The van der Waals surface area contributed by atoms with Crippen molar-refractivity contribution in [1.29, 1.82) is 0 Å². The summed E-state index contributed by atoms with van der Waals surface area (Å²) in [6, 6.07) is 4.41. The highest BCUT2D eigenvalue weighted by atomic mass is 35.5. The van der Waals surface area contributed by atoms with Gasteiger partial charge in [0.05, 0.1) is 5.02 Å². The zero-order valence-corrected chi connectivity index (χ0v) is 10.3. The van der Waals surface area contributed by atoms with Gasteiger partial charge in [0.2, 0.25) is 0 Å². The fraction of sp³-hybridized carbons (Fsp3) is 0.0909. The van der Waals surface area contributed by atoms with Gasteiger partial charge in [-0.05, 0) is 25.1 Å². The summed E-state index contributed by atoms with van der Waals surface area (Å²) in [5.41, 5.74) is 1.24. The van der Waals surface area contributed by atoms with E-state index in [0.29, 0.717) is 22.2 Å². The summed E-state index contributed by atoms with van der Waals surface area (Å²) in [7, 11) is 0. The van der Waals surface area contributed by atoms with E-state index in [4.69, 9.17) is 23.2 Å². The van der Waals surface area contributed by atoms with Gasteiger partial charge in [0.25, 0.3) is 0 Å². The van der Waals surface area contributed by atoms with Crippen molar-refractivity contribution >= 4 is 34.7 Å². The van der Waals surface area contributed by atoms with Gasteiger partial charge >= 0.3 is 0 Å². The molecule has 0 saturated carbocycles. The van der Waals surface area contributed by atoms with E-state index >= 15 is 0 Å². The third kappa shape index (κ3) is 2.65. The Labute approximate surface area is 108 Å². The van der Waals surface area contributed by atoms with E-state index in [0.717, 1.165) is 0 Å². The van der Waals surface area contributed by atoms with Crippen molar-refractivity contribution in [2.24, 2.45) is 0 Å². The van der Waals surface area contributed by atoms with Crippen LogP contribution < -0.4 is 5.32 Å². The quantitative estimate of drug-likeness (QED) is 0.840. The summed E-state index contributed by atoms with van der Waals surface area (Å²) in [6.07, 6.45) is 1.34. The van der Waals surface area contributed by atoms with Gasteiger partial charge < -0.3 is 5.32 Å². The summed E-state index contributed by atoms with van der Waals surface area (Å²) in [4.78, 5) is 7.86. The molecule has 1 aromatic heterocycles. The molecule has 1 aromatic carbocycles. The van der Waals surface area contributed by atoms with E-state index in [-0.39, 0.29) is 5.02 Å². The number of benzene rings is 1. The maximum atomic E-state index is 13.2. The Morgan fingerprint density at radius 3 is 2.71 bits per heavy atom. The molecule has 0 fully saturated rings. The number of hydrogen-bond acceptors (Lipinski definition) is 3. The summed E-state index contributed by atoms with van der Waals surface area (Å²) < 4.78 is 13.2. The number of halogens is 3. The first kappa shape index (κ1) is 12.1. The Morgan fingerprint density at radius 2 is 2.00 bits per heavy atom. The molecule has 0 bridgehead atoms. The Bertz CT molecular complexity index is 560. The molecule has 0 unspecified atom stereocenters. The molecule has 0 radical (unpaired) electrons. The minimum absolute atomic E-state index is 0.0768. The molecule has 0 aliphatic rings. The van der Waals surface area contributed by atoms with E-state index in [1.165, 1.54) is 18.5 Å². The summed E-state index contributed by atoms with van der Waals surface area (Å²) in [6.45, 7) is 1.77. The lowest BCUT2D eigenvalue weighted by molar-refractivity contribution is 0.629. The van der Waals surface area contributed by atoms with E-state index in [1.807, 2.05) is 0 Å². The molecule has 0 aliphatic carbocycles. The molecule has 6 heteroatoms. The van der Waals surface area contributed by atoms with Crippen molar-refractivity contribution in [2.45, 2.75) is 6.92 Å². The van der Waals surface area contributed by atoms with Crippen molar-refractivity contribution < 1.29 is 4.39 Å². The standard InChI is InChI=1S/C11H8Cl2FN3/c1-6-10(13)15-5-16-11(6)17-7-2-3-8(12)9(14)4-7/h2-5H,1H3,(H,15,16,17). The summed E-state index contributed by atoms with van der Waals surface area (Å²) in [5, 5.41) is 3.38. The first-order chi connectivity index (χ1) is 8.08. The van der Waals surface area contributed by atoms with Gasteiger partial charge in [-0.1, -0.05) is 23.2 Å². The molecule has 0 spiro atoms. The van der Waals surface area contributed by atoms with Crippen LogP contribution in [0.1, 0.15) is 5.56 Å². The van der Waals surface area contributed by atoms with Crippen LogP contribution in [0.25, 0.3) is 0 Å². The number of nitrogens with zero attached hydrogens (tertiary/aromatic N) is 2. The molecular weight excluding hydrogens is 264 g/mol. The van der Waals surface area contributed by atoms with Gasteiger partial charge in [0.15, 0.2) is 0 Å². The predicted molar refractivity (Wildman–Crippen MR) is 66.5 cm³/mol. The SMILES string of the molecule is Cc1c(Cl)ncnc1Nc1ccc(Cl)c(F)c1. The maximum absolute atomic E-state index is 13.2. The van der Waals surface area contributed by atoms with Crippen LogP contribution in [0.2, 0.25) is 10.2 Å². The topological polar surface area (TPSA) is 37.8 Å². The predicted octanol–water partition coefficient (Wildman–Crippen LogP) is 3.97. The Kier molecular flexibility index (Phi) is 3.45. The smallest absolute Gasteiger partial charge is 0.143 e. The zero-order valence-electron chi connectivity index (χ0n) is 8.84. The second-order valence-electron chi connectivity index (χ2n) is 3.39. The van der Waals surface area contributed by atoms with Crippen LogP contribution in [-0.2, 0) is 0 Å². The molecule has 0 aliphatic heterocycles. The van der Waals surface area contributed by atoms with Crippen LogP contribution in [0, 0.1) is 12.7 Å². The fourth-order valence-electron chi connectivity index (χ4n) is 1.27. The lowest BCUT2D eigenvalue weighted by atomic mass is 10.3. The molecular formula is C11H8Cl2FN3. The van der Waals surface area contributed by atoms with Crippen molar-refractivity contribution in [1.82, 2.24) is 9.97 Å². The molecule has 1 N–H and O–H groups in total. The normalized spacial score (nSPS) is 10.4. The third-order valence-corrected chi connectivity index (χ3v) is 2.89. The first-order valence-corrected chi connectivity index (χ1v) is 5.52. The monoisotopic (exact) mass is 271 g/mol. The third-order valence-electron chi connectivity index (χ3n) is 2.20. The van der Waals surface area contributed by atoms with Crippen molar-refractivity contribution in [3.05, 3.63) is 46.1 Å². The summed E-state index contributed by atoms with van der Waals surface area (Å²) >= 11 is 11.4. The second kappa shape index (κ2) is 4.85. The molecule has 17 heavy (non-hydrogen) atoms. The first-order valence-electron chi connectivity index (χ1n) is 4.77. The maximum Gasteiger partial charge on any atom is 0.143 e. The van der Waals surface area contributed by atoms with Crippen LogP contribution in [0.5, 0.6) is 0 Å². The molecule has 0 atom stereocenters. The average Bonchev–Trinajstić information content (AvgIpc) is 2.30. The Balaban J connectivity index is 2.31. The van der Waals surface area contributed by atoms with E-state index in [9.17, 15) is 4.39 Å². The highest BCUT2D eigenvalue weighted by Crippen LogP contribution is 2.24. The van der Waals surface area contributed by atoms with Gasteiger partial charge in [-0.3, -0.25) is 0 Å².